The molecule has 6 heteroatoms. The smallest absolute Gasteiger partial charge is 0.400 e. The van der Waals surface area contributed by atoms with Crippen molar-refractivity contribution in [3.63, 3.8) is 0 Å². The van der Waals surface area contributed by atoms with Gasteiger partial charge in [0.1, 0.15) is 0 Å². The van der Waals surface area contributed by atoms with Gasteiger partial charge in [-0.15, -0.1) is 0 Å². The van der Waals surface area contributed by atoms with E-state index in [1.807, 2.05) is 46.8 Å². The molecule has 4 nitrogen and oxygen atoms in total. The van der Waals surface area contributed by atoms with Gasteiger partial charge in [0.25, 0.3) is 0 Å². The number of anilines is 1. The molecule has 0 aromatic carbocycles. The van der Waals surface area contributed by atoms with Crippen LogP contribution in [-0.4, -0.2) is 29.1 Å². The van der Waals surface area contributed by atoms with Gasteiger partial charge in [0, 0.05) is 5.75 Å². The Morgan fingerprint density at radius 3 is 2.38 bits per heavy atom. The van der Waals surface area contributed by atoms with Gasteiger partial charge in [0.2, 0.25) is 0 Å². The average molecular weight is 306 g/mol. The lowest BCUT2D eigenvalue weighted by atomic mass is 9.78. The van der Waals surface area contributed by atoms with Crippen LogP contribution in [0.5, 0.6) is 0 Å². The minimum atomic E-state index is -0.396. The molecule has 0 aliphatic carbocycles. The van der Waals surface area contributed by atoms with E-state index in [0.717, 1.165) is 16.7 Å². The number of aromatic nitrogens is 1. The highest BCUT2D eigenvalue weighted by molar-refractivity contribution is 7.80. The number of nitrogens with zero attached hydrogens (tertiary/aromatic N) is 1. The second-order valence-electron chi connectivity index (χ2n) is 6.43. The van der Waals surface area contributed by atoms with Crippen LogP contribution < -0.4 is 5.73 Å². The maximum absolute atomic E-state index is 6.05. The van der Waals surface area contributed by atoms with E-state index in [0.29, 0.717) is 11.4 Å². The summed E-state index contributed by atoms with van der Waals surface area (Å²) >= 11 is 4.40. The van der Waals surface area contributed by atoms with Gasteiger partial charge in [-0.25, -0.2) is 0 Å². The summed E-state index contributed by atoms with van der Waals surface area (Å²) in [5.41, 5.74) is 8.56. The Hall–Kier alpha value is -0.975. The predicted octanol–water partition coefficient (Wildman–Crippen LogP) is 2.92. The van der Waals surface area contributed by atoms with Crippen LogP contribution in [0.15, 0.2) is 17.7 Å². The number of hydrogen-bond donors (Lipinski definition) is 2. The van der Waals surface area contributed by atoms with E-state index in [-0.39, 0.29) is 11.2 Å². The van der Waals surface area contributed by atoms with Crippen molar-refractivity contribution in [1.29, 1.82) is 0 Å². The predicted molar refractivity (Wildman–Crippen MR) is 91.3 cm³/mol. The summed E-state index contributed by atoms with van der Waals surface area (Å²) in [5.74, 6) is 0.544. The summed E-state index contributed by atoms with van der Waals surface area (Å²) in [4.78, 5) is 4.32. The number of aryl methyl sites for hydroxylation is 1. The molecule has 114 valence electrons. The van der Waals surface area contributed by atoms with Crippen molar-refractivity contribution in [2.24, 2.45) is 0 Å². The second kappa shape index (κ2) is 5.67. The Labute approximate surface area is 132 Å². The molecule has 1 aliphatic heterocycles. The van der Waals surface area contributed by atoms with Gasteiger partial charge in [-0.1, -0.05) is 0 Å². The van der Waals surface area contributed by atoms with Crippen LogP contribution in [-0.2, 0) is 9.31 Å². The third-order valence-electron chi connectivity index (χ3n) is 4.24. The molecule has 0 bridgehead atoms. The quantitative estimate of drug-likeness (QED) is 0.666. The standard InChI is InChI=1S/C15H23BN2O2S/c1-10-6-12(18-8-13(10)17)7-11(9-21)16-19-14(2,3)15(4,5)20-16/h6-8,21H,9,17H2,1-5H3. The van der Waals surface area contributed by atoms with E-state index in [1.165, 1.54) is 0 Å². The first-order chi connectivity index (χ1) is 9.66. The minimum absolute atomic E-state index is 0.357. The monoisotopic (exact) mass is 306 g/mol. The molecule has 0 saturated carbocycles. The van der Waals surface area contributed by atoms with Gasteiger partial charge in [-0.05, 0) is 57.8 Å². The van der Waals surface area contributed by atoms with Crippen LogP contribution in [0.1, 0.15) is 39.0 Å². The SMILES string of the molecule is Cc1cc(C=C(CS)B2OC(C)(C)C(C)(C)O2)ncc1N. The van der Waals surface area contributed by atoms with Crippen molar-refractivity contribution in [2.75, 3.05) is 11.5 Å². The number of nitrogens with two attached hydrogens (primary N) is 1. The highest BCUT2D eigenvalue weighted by Gasteiger charge is 2.52. The normalized spacial score (nSPS) is 20.9. The minimum Gasteiger partial charge on any atom is -0.400 e. The summed E-state index contributed by atoms with van der Waals surface area (Å²) < 4.78 is 12.1. The average Bonchev–Trinajstić information content (AvgIpc) is 2.59. The number of pyridine rings is 1. The van der Waals surface area contributed by atoms with Gasteiger partial charge < -0.3 is 15.0 Å². The van der Waals surface area contributed by atoms with E-state index < -0.39 is 7.12 Å². The molecule has 21 heavy (non-hydrogen) atoms. The lowest BCUT2D eigenvalue weighted by molar-refractivity contribution is 0.00578. The van der Waals surface area contributed by atoms with Gasteiger partial charge in [0.15, 0.2) is 0 Å². The molecule has 0 amide bonds. The Balaban J connectivity index is 2.28. The summed E-state index contributed by atoms with van der Waals surface area (Å²) in [5, 5.41) is 0. The zero-order valence-electron chi connectivity index (χ0n) is 13.3. The van der Waals surface area contributed by atoms with Crippen molar-refractivity contribution >= 4 is 31.5 Å². The first kappa shape index (κ1) is 16.4. The Bertz CT molecular complexity index is 557. The molecule has 0 radical (unpaired) electrons. The van der Waals surface area contributed by atoms with Gasteiger partial charge in [0.05, 0.1) is 28.8 Å². The third kappa shape index (κ3) is 3.28. The number of rotatable bonds is 3. The van der Waals surface area contributed by atoms with Gasteiger partial charge in [-0.2, -0.15) is 12.6 Å². The topological polar surface area (TPSA) is 57.4 Å². The molecule has 1 aromatic heterocycles. The third-order valence-corrected chi connectivity index (χ3v) is 4.61. The number of nitrogen functional groups attached to an aromatic ring is 1. The molecule has 2 N–H and O–H groups in total. The van der Waals surface area contributed by atoms with Crippen molar-refractivity contribution in [2.45, 2.75) is 45.8 Å². The lowest BCUT2D eigenvalue weighted by Gasteiger charge is -2.32. The van der Waals surface area contributed by atoms with E-state index in [2.05, 4.69) is 17.6 Å². The zero-order valence-corrected chi connectivity index (χ0v) is 14.2. The van der Waals surface area contributed by atoms with Crippen LogP contribution in [0.25, 0.3) is 6.08 Å². The van der Waals surface area contributed by atoms with Crippen LogP contribution in [0.2, 0.25) is 0 Å². The van der Waals surface area contributed by atoms with Crippen molar-refractivity contribution in [1.82, 2.24) is 4.98 Å². The highest BCUT2D eigenvalue weighted by Crippen LogP contribution is 2.38. The van der Waals surface area contributed by atoms with Crippen molar-refractivity contribution < 1.29 is 9.31 Å². The molecule has 1 fully saturated rings. The zero-order chi connectivity index (χ0) is 15.8. The number of hydrogen-bond acceptors (Lipinski definition) is 5. The Morgan fingerprint density at radius 1 is 1.33 bits per heavy atom. The maximum atomic E-state index is 6.05. The van der Waals surface area contributed by atoms with Crippen LogP contribution >= 0.6 is 12.6 Å². The molecular formula is C15H23BN2O2S. The fraction of sp³-hybridized carbons (Fsp3) is 0.533. The highest BCUT2D eigenvalue weighted by atomic mass is 32.1. The van der Waals surface area contributed by atoms with Crippen molar-refractivity contribution in [3.8, 4) is 0 Å². The Kier molecular flexibility index (Phi) is 4.43. The first-order valence-corrected chi connectivity index (χ1v) is 7.68. The van der Waals surface area contributed by atoms with E-state index in [1.54, 1.807) is 6.20 Å². The fourth-order valence-corrected chi connectivity index (χ4v) is 2.28. The first-order valence-electron chi connectivity index (χ1n) is 7.05. The fourth-order valence-electron chi connectivity index (χ4n) is 2.04. The summed E-state index contributed by atoms with van der Waals surface area (Å²) in [6.45, 7) is 10.1. The van der Waals surface area contributed by atoms with Crippen LogP contribution in [0, 0.1) is 6.92 Å². The largest absolute Gasteiger partial charge is 0.491 e. The molecule has 1 aromatic rings. The van der Waals surface area contributed by atoms with Gasteiger partial charge >= 0.3 is 7.12 Å². The Morgan fingerprint density at radius 2 is 1.90 bits per heavy atom. The van der Waals surface area contributed by atoms with Gasteiger partial charge in [-0.3, -0.25) is 4.98 Å². The molecule has 2 heterocycles. The lowest BCUT2D eigenvalue weighted by Crippen LogP contribution is -2.41. The van der Waals surface area contributed by atoms with E-state index in [4.69, 9.17) is 15.0 Å². The van der Waals surface area contributed by atoms with E-state index >= 15 is 0 Å². The molecule has 0 unspecified atom stereocenters. The summed E-state index contributed by atoms with van der Waals surface area (Å²) in [6.07, 6.45) is 3.63. The summed E-state index contributed by atoms with van der Waals surface area (Å²) in [6, 6.07) is 1.95. The maximum Gasteiger partial charge on any atom is 0.491 e. The molecule has 1 saturated heterocycles. The van der Waals surface area contributed by atoms with Crippen LogP contribution in [0.4, 0.5) is 5.69 Å². The van der Waals surface area contributed by atoms with Crippen molar-refractivity contribution in [3.05, 3.63) is 29.0 Å². The second-order valence-corrected chi connectivity index (χ2v) is 6.75. The summed E-state index contributed by atoms with van der Waals surface area (Å²) in [7, 11) is -0.396. The van der Waals surface area contributed by atoms with Crippen LogP contribution in [0.3, 0.4) is 0 Å². The molecule has 2 rings (SSSR count). The number of thiol groups is 1. The molecule has 0 atom stereocenters. The molecule has 0 spiro atoms. The molecular weight excluding hydrogens is 283 g/mol. The van der Waals surface area contributed by atoms with E-state index in [9.17, 15) is 0 Å². The molecule has 1 aliphatic rings.